The number of carbonyl (C=O) groups excluding carboxylic acids is 1. The summed E-state index contributed by atoms with van der Waals surface area (Å²) in [7, 11) is 0. The molecule has 0 aliphatic heterocycles. The van der Waals surface area contributed by atoms with Gasteiger partial charge in [-0.3, -0.25) is 9.59 Å². The van der Waals surface area contributed by atoms with Crippen LogP contribution in [0.25, 0.3) is 0 Å². The van der Waals surface area contributed by atoms with Gasteiger partial charge < -0.3 is 5.11 Å². The number of Topliss-reactive ketones (excluding diaryl/α,β-unsaturated/α-hetero) is 1. The van der Waals surface area contributed by atoms with Crippen molar-refractivity contribution < 1.29 is 14.7 Å². The molecule has 0 aromatic rings. The molecule has 0 bridgehead atoms. The van der Waals surface area contributed by atoms with E-state index in [1.165, 1.54) is 19.3 Å². The zero-order valence-electron chi connectivity index (χ0n) is 8.95. The van der Waals surface area contributed by atoms with Gasteiger partial charge in [-0.2, -0.15) is 0 Å². The van der Waals surface area contributed by atoms with Crippen LogP contribution in [0, 0.1) is 17.8 Å². The minimum atomic E-state index is -0.790. The van der Waals surface area contributed by atoms with Crippen molar-refractivity contribution in [2.45, 2.75) is 44.9 Å². The Labute approximate surface area is 89.9 Å². The Balaban J connectivity index is 1.97. The molecule has 2 saturated carbocycles. The van der Waals surface area contributed by atoms with Gasteiger partial charge >= 0.3 is 5.97 Å². The summed E-state index contributed by atoms with van der Waals surface area (Å²) in [6.07, 6.45) is 6.83. The van der Waals surface area contributed by atoms with Gasteiger partial charge in [0, 0.05) is 12.3 Å². The van der Waals surface area contributed by atoms with E-state index in [4.69, 9.17) is 5.11 Å². The third-order valence-corrected chi connectivity index (χ3v) is 3.97. The Morgan fingerprint density at radius 3 is 2.40 bits per heavy atom. The summed E-state index contributed by atoms with van der Waals surface area (Å²) < 4.78 is 0. The van der Waals surface area contributed by atoms with Crippen molar-refractivity contribution in [2.75, 3.05) is 0 Å². The fourth-order valence-corrected chi connectivity index (χ4v) is 3.10. The monoisotopic (exact) mass is 210 g/mol. The lowest BCUT2D eigenvalue weighted by molar-refractivity contribution is -0.142. The first-order chi connectivity index (χ1) is 7.18. The van der Waals surface area contributed by atoms with Gasteiger partial charge in [0.05, 0.1) is 5.92 Å². The van der Waals surface area contributed by atoms with Crippen molar-refractivity contribution in [3.63, 3.8) is 0 Å². The maximum absolute atomic E-state index is 11.7. The molecule has 0 aromatic heterocycles. The maximum Gasteiger partial charge on any atom is 0.306 e. The van der Waals surface area contributed by atoms with Gasteiger partial charge in [-0.1, -0.05) is 19.3 Å². The molecule has 2 atom stereocenters. The molecule has 2 rings (SSSR count). The van der Waals surface area contributed by atoms with Crippen LogP contribution in [0.4, 0.5) is 0 Å². The van der Waals surface area contributed by atoms with Crippen molar-refractivity contribution in [3.8, 4) is 0 Å². The molecule has 2 aliphatic carbocycles. The van der Waals surface area contributed by atoms with E-state index in [1.807, 2.05) is 0 Å². The molecular weight excluding hydrogens is 192 g/mol. The number of rotatable bonds is 2. The first-order valence-corrected chi connectivity index (χ1v) is 5.94. The van der Waals surface area contributed by atoms with Crippen LogP contribution in [0.2, 0.25) is 0 Å². The van der Waals surface area contributed by atoms with Gasteiger partial charge in [0.15, 0.2) is 0 Å². The summed E-state index contributed by atoms with van der Waals surface area (Å²) in [5, 5.41) is 8.89. The molecule has 0 heterocycles. The molecule has 0 amide bonds. The molecule has 3 nitrogen and oxygen atoms in total. The predicted octanol–water partition coefficient (Wildman–Crippen LogP) is 2.25. The molecule has 0 saturated heterocycles. The Bertz CT molecular complexity index is 266. The predicted molar refractivity (Wildman–Crippen MR) is 55.4 cm³/mol. The minimum absolute atomic E-state index is 0.0615. The molecular formula is C12H18O3. The smallest absolute Gasteiger partial charge is 0.306 e. The summed E-state index contributed by atoms with van der Waals surface area (Å²) in [5.41, 5.74) is 0. The van der Waals surface area contributed by atoms with E-state index in [-0.39, 0.29) is 18.1 Å². The molecule has 1 N–H and O–H groups in total. The van der Waals surface area contributed by atoms with Crippen molar-refractivity contribution in [1.29, 1.82) is 0 Å². The highest BCUT2D eigenvalue weighted by Crippen LogP contribution is 2.39. The van der Waals surface area contributed by atoms with E-state index in [0.29, 0.717) is 12.3 Å². The number of carboxylic acids is 1. The van der Waals surface area contributed by atoms with E-state index in [9.17, 15) is 9.59 Å². The summed E-state index contributed by atoms with van der Waals surface area (Å²) in [5.74, 6) is -0.442. The second kappa shape index (κ2) is 4.33. The molecule has 84 valence electrons. The third-order valence-electron chi connectivity index (χ3n) is 3.97. The number of hydrogen-bond donors (Lipinski definition) is 1. The van der Waals surface area contributed by atoms with E-state index < -0.39 is 11.9 Å². The van der Waals surface area contributed by atoms with E-state index in [1.54, 1.807) is 0 Å². The molecule has 3 heteroatoms. The number of carbonyl (C=O) groups is 2. The molecule has 0 spiro atoms. The van der Waals surface area contributed by atoms with Crippen LogP contribution in [0.15, 0.2) is 0 Å². The van der Waals surface area contributed by atoms with Crippen molar-refractivity contribution >= 4 is 11.8 Å². The first-order valence-electron chi connectivity index (χ1n) is 5.94. The Hall–Kier alpha value is -0.860. The van der Waals surface area contributed by atoms with Crippen molar-refractivity contribution in [2.24, 2.45) is 17.8 Å². The molecule has 0 aromatic carbocycles. The number of carboxylic acid groups (broad SMARTS) is 1. The molecule has 15 heavy (non-hydrogen) atoms. The second-order valence-corrected chi connectivity index (χ2v) is 4.95. The fraction of sp³-hybridized carbons (Fsp3) is 0.833. The first kappa shape index (κ1) is 10.7. The summed E-state index contributed by atoms with van der Waals surface area (Å²) in [4.78, 5) is 22.5. The normalized spacial score (nSPS) is 33.2. The molecule has 0 radical (unpaired) electrons. The molecule has 2 fully saturated rings. The highest BCUT2D eigenvalue weighted by atomic mass is 16.4. The number of aliphatic carboxylic acids is 1. The Morgan fingerprint density at radius 1 is 1.20 bits per heavy atom. The van der Waals surface area contributed by atoms with Crippen molar-refractivity contribution in [1.82, 2.24) is 0 Å². The van der Waals surface area contributed by atoms with Gasteiger partial charge in [0.2, 0.25) is 0 Å². The average Bonchev–Trinajstić information content (AvgIpc) is 2.62. The Morgan fingerprint density at radius 2 is 1.87 bits per heavy atom. The summed E-state index contributed by atoms with van der Waals surface area (Å²) in [6, 6.07) is 0. The average molecular weight is 210 g/mol. The van der Waals surface area contributed by atoms with Crippen LogP contribution in [-0.4, -0.2) is 16.9 Å². The third kappa shape index (κ3) is 2.21. The van der Waals surface area contributed by atoms with Crippen LogP contribution in [0.5, 0.6) is 0 Å². The van der Waals surface area contributed by atoms with Gasteiger partial charge in [-0.05, 0) is 25.2 Å². The van der Waals surface area contributed by atoms with Gasteiger partial charge in [-0.15, -0.1) is 0 Å². The highest BCUT2D eigenvalue weighted by Gasteiger charge is 2.40. The summed E-state index contributed by atoms with van der Waals surface area (Å²) in [6.45, 7) is 0. The van der Waals surface area contributed by atoms with E-state index in [0.717, 1.165) is 12.8 Å². The lowest BCUT2D eigenvalue weighted by Crippen LogP contribution is -2.21. The van der Waals surface area contributed by atoms with Crippen LogP contribution in [0.1, 0.15) is 44.9 Å². The molecule has 2 unspecified atom stereocenters. The van der Waals surface area contributed by atoms with Gasteiger partial charge in [0.25, 0.3) is 0 Å². The van der Waals surface area contributed by atoms with E-state index >= 15 is 0 Å². The maximum atomic E-state index is 11.7. The lowest BCUT2D eigenvalue weighted by atomic mass is 9.78. The van der Waals surface area contributed by atoms with Crippen LogP contribution < -0.4 is 0 Å². The highest BCUT2D eigenvalue weighted by molar-refractivity contribution is 5.89. The van der Waals surface area contributed by atoms with Crippen molar-refractivity contribution in [3.05, 3.63) is 0 Å². The van der Waals surface area contributed by atoms with Crippen LogP contribution in [-0.2, 0) is 9.59 Å². The topological polar surface area (TPSA) is 54.4 Å². The Kier molecular flexibility index (Phi) is 3.08. The molecule has 2 aliphatic rings. The zero-order valence-corrected chi connectivity index (χ0v) is 8.95. The minimum Gasteiger partial charge on any atom is -0.481 e. The van der Waals surface area contributed by atoms with Gasteiger partial charge in [0.1, 0.15) is 5.78 Å². The summed E-state index contributed by atoms with van der Waals surface area (Å²) >= 11 is 0. The second-order valence-electron chi connectivity index (χ2n) is 4.95. The number of hydrogen-bond acceptors (Lipinski definition) is 2. The van der Waals surface area contributed by atoms with E-state index in [2.05, 4.69) is 0 Å². The SMILES string of the molecule is O=C(O)C1CC(=O)C(C2CCCCC2)C1. The zero-order chi connectivity index (χ0) is 10.8. The van der Waals surface area contributed by atoms with Crippen LogP contribution >= 0.6 is 0 Å². The van der Waals surface area contributed by atoms with Crippen LogP contribution in [0.3, 0.4) is 0 Å². The standard InChI is InChI=1S/C12H18O3/c13-11-7-9(12(14)15)6-10(11)8-4-2-1-3-5-8/h8-10H,1-7H2,(H,14,15). The number of ketones is 1. The van der Waals surface area contributed by atoms with Gasteiger partial charge in [-0.25, -0.2) is 0 Å². The quantitative estimate of drug-likeness (QED) is 0.760. The fourth-order valence-electron chi connectivity index (χ4n) is 3.10. The largest absolute Gasteiger partial charge is 0.481 e. The lowest BCUT2D eigenvalue weighted by Gasteiger charge is -2.26.